The van der Waals surface area contributed by atoms with Crippen LogP contribution in [0.25, 0.3) is 10.9 Å². The maximum Gasteiger partial charge on any atom is 0.276 e. The molecule has 0 aliphatic heterocycles. The van der Waals surface area contributed by atoms with Crippen LogP contribution >= 0.6 is 0 Å². The summed E-state index contributed by atoms with van der Waals surface area (Å²) in [6.07, 6.45) is 0. The SMILES string of the molecule is N#Cc1cc(NC(=O)c2n[nH]c3ccccc23)ccc1F. The summed E-state index contributed by atoms with van der Waals surface area (Å²) in [6.45, 7) is 0. The van der Waals surface area contributed by atoms with Crippen LogP contribution in [0.1, 0.15) is 16.1 Å². The molecular weight excluding hydrogens is 271 g/mol. The van der Waals surface area contributed by atoms with E-state index in [-0.39, 0.29) is 11.3 Å². The van der Waals surface area contributed by atoms with Gasteiger partial charge >= 0.3 is 0 Å². The van der Waals surface area contributed by atoms with Crippen LogP contribution in [0, 0.1) is 17.1 Å². The number of anilines is 1. The second-order valence-corrected chi connectivity index (χ2v) is 4.38. The van der Waals surface area contributed by atoms with Crippen LogP contribution in [0.15, 0.2) is 42.5 Å². The molecule has 0 aliphatic rings. The average molecular weight is 280 g/mol. The molecule has 2 aromatic carbocycles. The lowest BCUT2D eigenvalue weighted by molar-refractivity contribution is 0.102. The molecule has 1 amide bonds. The number of aromatic amines is 1. The predicted octanol–water partition coefficient (Wildman–Crippen LogP) is 2.83. The summed E-state index contributed by atoms with van der Waals surface area (Å²) in [5.74, 6) is -1.05. The molecule has 0 unspecified atom stereocenters. The molecule has 2 N–H and O–H groups in total. The largest absolute Gasteiger partial charge is 0.321 e. The summed E-state index contributed by atoms with van der Waals surface area (Å²) in [4.78, 5) is 12.2. The van der Waals surface area contributed by atoms with Crippen molar-refractivity contribution in [2.45, 2.75) is 0 Å². The Bertz CT molecular complexity index is 879. The Kier molecular flexibility index (Phi) is 3.09. The van der Waals surface area contributed by atoms with Crippen molar-refractivity contribution < 1.29 is 9.18 Å². The molecule has 102 valence electrons. The van der Waals surface area contributed by atoms with Crippen LogP contribution in [-0.2, 0) is 0 Å². The lowest BCUT2D eigenvalue weighted by Crippen LogP contribution is -2.13. The molecule has 0 fully saturated rings. The zero-order valence-corrected chi connectivity index (χ0v) is 10.7. The Balaban J connectivity index is 1.92. The monoisotopic (exact) mass is 280 g/mol. The third-order valence-corrected chi connectivity index (χ3v) is 3.03. The molecule has 0 saturated heterocycles. The second kappa shape index (κ2) is 5.06. The lowest BCUT2D eigenvalue weighted by Gasteiger charge is -2.04. The Labute approximate surface area is 119 Å². The minimum Gasteiger partial charge on any atom is -0.321 e. The number of carbonyl (C=O) groups is 1. The van der Waals surface area contributed by atoms with Gasteiger partial charge in [0.1, 0.15) is 11.9 Å². The number of nitriles is 1. The first-order chi connectivity index (χ1) is 10.2. The van der Waals surface area contributed by atoms with Gasteiger partial charge in [0.15, 0.2) is 5.69 Å². The first kappa shape index (κ1) is 12.8. The summed E-state index contributed by atoms with van der Waals surface area (Å²) in [5.41, 5.74) is 1.21. The zero-order chi connectivity index (χ0) is 14.8. The number of hydrogen-bond donors (Lipinski definition) is 2. The number of carbonyl (C=O) groups excluding carboxylic acids is 1. The fraction of sp³-hybridized carbons (Fsp3) is 0. The molecule has 0 bridgehead atoms. The molecule has 0 radical (unpaired) electrons. The fourth-order valence-electron chi connectivity index (χ4n) is 2.02. The van der Waals surface area contributed by atoms with Gasteiger partial charge in [0.25, 0.3) is 5.91 Å². The molecule has 0 atom stereocenters. The number of H-pyrrole nitrogens is 1. The predicted molar refractivity (Wildman–Crippen MR) is 75.2 cm³/mol. The maximum atomic E-state index is 13.2. The van der Waals surface area contributed by atoms with Gasteiger partial charge in [-0.15, -0.1) is 0 Å². The zero-order valence-electron chi connectivity index (χ0n) is 10.7. The average Bonchev–Trinajstić information content (AvgIpc) is 2.93. The van der Waals surface area contributed by atoms with E-state index < -0.39 is 11.7 Å². The lowest BCUT2D eigenvalue weighted by atomic mass is 10.2. The van der Waals surface area contributed by atoms with E-state index in [2.05, 4.69) is 15.5 Å². The number of rotatable bonds is 2. The Morgan fingerprint density at radius 3 is 2.90 bits per heavy atom. The Hall–Kier alpha value is -3.20. The van der Waals surface area contributed by atoms with Crippen molar-refractivity contribution in [3.8, 4) is 6.07 Å². The van der Waals surface area contributed by atoms with Crippen molar-refractivity contribution in [2.75, 3.05) is 5.32 Å². The van der Waals surface area contributed by atoms with E-state index in [0.29, 0.717) is 11.1 Å². The smallest absolute Gasteiger partial charge is 0.276 e. The molecule has 21 heavy (non-hydrogen) atoms. The molecule has 5 nitrogen and oxygen atoms in total. The van der Waals surface area contributed by atoms with E-state index in [1.165, 1.54) is 12.1 Å². The first-order valence-electron chi connectivity index (χ1n) is 6.13. The highest BCUT2D eigenvalue weighted by Crippen LogP contribution is 2.18. The van der Waals surface area contributed by atoms with Crippen molar-refractivity contribution in [1.82, 2.24) is 10.2 Å². The topological polar surface area (TPSA) is 81.6 Å². The number of amides is 1. The molecule has 1 heterocycles. The van der Waals surface area contributed by atoms with E-state index in [4.69, 9.17) is 5.26 Å². The van der Waals surface area contributed by atoms with E-state index in [1.807, 2.05) is 12.1 Å². The molecule has 3 rings (SSSR count). The molecular formula is C15H9FN4O. The van der Waals surface area contributed by atoms with Gasteiger partial charge in [-0.1, -0.05) is 18.2 Å². The fourth-order valence-corrected chi connectivity index (χ4v) is 2.02. The van der Waals surface area contributed by atoms with E-state index in [1.54, 1.807) is 18.2 Å². The number of benzene rings is 2. The standard InChI is InChI=1S/C15H9FN4O/c16-12-6-5-10(7-9(12)8-17)18-15(21)14-11-3-1-2-4-13(11)19-20-14/h1-7H,(H,18,21)(H,19,20). The van der Waals surface area contributed by atoms with Crippen molar-refractivity contribution in [3.05, 3.63) is 59.5 Å². The van der Waals surface area contributed by atoms with Gasteiger partial charge in [0.2, 0.25) is 0 Å². The van der Waals surface area contributed by atoms with E-state index >= 15 is 0 Å². The molecule has 0 aliphatic carbocycles. The van der Waals surface area contributed by atoms with Gasteiger partial charge in [-0.2, -0.15) is 10.4 Å². The van der Waals surface area contributed by atoms with Gasteiger partial charge < -0.3 is 5.32 Å². The van der Waals surface area contributed by atoms with Crippen molar-refractivity contribution in [2.24, 2.45) is 0 Å². The number of halogens is 1. The molecule has 1 aromatic heterocycles. The van der Waals surface area contributed by atoms with E-state index in [0.717, 1.165) is 11.6 Å². The number of nitrogens with one attached hydrogen (secondary N) is 2. The van der Waals surface area contributed by atoms with Crippen LogP contribution < -0.4 is 5.32 Å². The van der Waals surface area contributed by atoms with Gasteiger partial charge in [-0.05, 0) is 24.3 Å². The van der Waals surface area contributed by atoms with E-state index in [9.17, 15) is 9.18 Å². The normalized spacial score (nSPS) is 10.3. The number of hydrogen-bond acceptors (Lipinski definition) is 3. The van der Waals surface area contributed by atoms with Gasteiger partial charge in [-0.3, -0.25) is 9.89 Å². The Morgan fingerprint density at radius 2 is 2.10 bits per heavy atom. The van der Waals surface area contributed by atoms with Crippen LogP contribution in [-0.4, -0.2) is 16.1 Å². The maximum absolute atomic E-state index is 13.2. The van der Waals surface area contributed by atoms with Crippen molar-refractivity contribution >= 4 is 22.5 Å². The number of aromatic nitrogens is 2. The van der Waals surface area contributed by atoms with Crippen LogP contribution in [0.2, 0.25) is 0 Å². The second-order valence-electron chi connectivity index (χ2n) is 4.38. The summed E-state index contributed by atoms with van der Waals surface area (Å²) in [7, 11) is 0. The van der Waals surface area contributed by atoms with Crippen LogP contribution in [0.5, 0.6) is 0 Å². The molecule has 0 spiro atoms. The number of nitrogens with zero attached hydrogens (tertiary/aromatic N) is 2. The summed E-state index contributed by atoms with van der Waals surface area (Å²) >= 11 is 0. The van der Waals surface area contributed by atoms with Crippen LogP contribution in [0.3, 0.4) is 0 Å². The quantitative estimate of drug-likeness (QED) is 0.757. The minimum atomic E-state index is -0.624. The van der Waals surface area contributed by atoms with Crippen molar-refractivity contribution in [3.63, 3.8) is 0 Å². The molecule has 0 saturated carbocycles. The van der Waals surface area contributed by atoms with Gasteiger partial charge in [0.05, 0.1) is 11.1 Å². The summed E-state index contributed by atoms with van der Waals surface area (Å²) in [5, 5.41) is 18.8. The molecule has 3 aromatic rings. The van der Waals surface area contributed by atoms with Gasteiger partial charge in [0, 0.05) is 11.1 Å². The Morgan fingerprint density at radius 1 is 1.29 bits per heavy atom. The highest BCUT2D eigenvalue weighted by molar-refractivity contribution is 6.11. The summed E-state index contributed by atoms with van der Waals surface area (Å²) < 4.78 is 13.2. The molecule has 6 heteroatoms. The minimum absolute atomic E-state index is 0.125. The van der Waals surface area contributed by atoms with Crippen molar-refractivity contribution in [1.29, 1.82) is 5.26 Å². The third-order valence-electron chi connectivity index (χ3n) is 3.03. The number of para-hydroxylation sites is 1. The number of fused-ring (bicyclic) bond motifs is 1. The first-order valence-corrected chi connectivity index (χ1v) is 6.13. The highest BCUT2D eigenvalue weighted by Gasteiger charge is 2.14. The highest BCUT2D eigenvalue weighted by atomic mass is 19.1. The third kappa shape index (κ3) is 2.32. The van der Waals surface area contributed by atoms with Crippen LogP contribution in [0.4, 0.5) is 10.1 Å². The summed E-state index contributed by atoms with van der Waals surface area (Å²) in [6, 6.07) is 12.8. The van der Waals surface area contributed by atoms with Gasteiger partial charge in [-0.25, -0.2) is 4.39 Å².